The predicted octanol–water partition coefficient (Wildman–Crippen LogP) is 2.27. The van der Waals surface area contributed by atoms with Crippen molar-refractivity contribution in [2.24, 2.45) is 0 Å². The summed E-state index contributed by atoms with van der Waals surface area (Å²) in [4.78, 5) is 24.5. The van der Waals surface area contributed by atoms with Crippen LogP contribution in [0.15, 0.2) is 24.3 Å². The van der Waals surface area contributed by atoms with Gasteiger partial charge in [-0.25, -0.2) is 4.79 Å². The zero-order valence-electron chi connectivity index (χ0n) is 14.2. The zero-order chi connectivity index (χ0) is 17.7. The van der Waals surface area contributed by atoms with Gasteiger partial charge in [0.05, 0.1) is 26.5 Å². The minimum Gasteiger partial charge on any atom is -0.493 e. The van der Waals surface area contributed by atoms with Crippen molar-refractivity contribution in [1.82, 2.24) is 9.78 Å². The summed E-state index contributed by atoms with van der Waals surface area (Å²) < 4.78 is 16.7. The van der Waals surface area contributed by atoms with Crippen LogP contribution in [0.1, 0.15) is 33.5 Å². The van der Waals surface area contributed by atoms with E-state index >= 15 is 0 Å². The van der Waals surface area contributed by atoms with Crippen LogP contribution in [-0.2, 0) is 11.3 Å². The van der Waals surface area contributed by atoms with Crippen molar-refractivity contribution in [1.29, 1.82) is 0 Å². The van der Waals surface area contributed by atoms with Crippen LogP contribution in [0.4, 0.5) is 0 Å². The van der Waals surface area contributed by atoms with Crippen molar-refractivity contribution in [3.63, 3.8) is 0 Å². The smallest absolute Gasteiger partial charge is 0.356 e. The Morgan fingerprint density at radius 3 is 2.46 bits per heavy atom. The molecule has 2 aromatic rings. The van der Waals surface area contributed by atoms with E-state index in [0.29, 0.717) is 22.8 Å². The van der Waals surface area contributed by atoms with Gasteiger partial charge >= 0.3 is 5.97 Å². The summed E-state index contributed by atoms with van der Waals surface area (Å²) in [5.41, 5.74) is 1.33. The Morgan fingerprint density at radius 1 is 1.12 bits per heavy atom. The topological polar surface area (TPSA) is 79.7 Å². The van der Waals surface area contributed by atoms with Crippen LogP contribution in [0.5, 0.6) is 11.5 Å². The van der Waals surface area contributed by atoms with Crippen molar-refractivity contribution in [2.45, 2.75) is 20.4 Å². The first-order valence-corrected chi connectivity index (χ1v) is 7.47. The van der Waals surface area contributed by atoms with E-state index in [9.17, 15) is 9.59 Å². The third-order valence-electron chi connectivity index (χ3n) is 3.39. The molecule has 7 heteroatoms. The van der Waals surface area contributed by atoms with Gasteiger partial charge in [0.2, 0.25) is 0 Å². The number of aryl methyl sites for hydroxylation is 1. The molecule has 1 aromatic heterocycles. The lowest BCUT2D eigenvalue weighted by Gasteiger charge is -2.10. The molecule has 1 aromatic carbocycles. The van der Waals surface area contributed by atoms with E-state index in [2.05, 4.69) is 5.10 Å². The summed E-state index contributed by atoms with van der Waals surface area (Å²) in [6.45, 7) is 3.66. The number of aromatic nitrogens is 2. The summed E-state index contributed by atoms with van der Waals surface area (Å²) in [6.07, 6.45) is 0. The second-order valence-electron chi connectivity index (χ2n) is 5.04. The molecule has 128 valence electrons. The monoisotopic (exact) mass is 332 g/mol. The van der Waals surface area contributed by atoms with Crippen LogP contribution < -0.4 is 9.47 Å². The molecule has 0 fully saturated rings. The number of Topliss-reactive ketones (excluding diaryl/α,β-unsaturated/α-hetero) is 1. The van der Waals surface area contributed by atoms with E-state index < -0.39 is 5.97 Å². The van der Waals surface area contributed by atoms with Crippen molar-refractivity contribution in [3.8, 4) is 11.5 Å². The summed E-state index contributed by atoms with van der Waals surface area (Å²) in [6, 6.07) is 6.50. The first kappa shape index (κ1) is 17.5. The lowest BCUT2D eigenvalue weighted by molar-refractivity contribution is 0.0512. The first-order chi connectivity index (χ1) is 11.5. The fraction of sp³-hybridized carbons (Fsp3) is 0.353. The molecule has 0 saturated heterocycles. The standard InChI is InChI=1S/C17H20N2O5/c1-5-24-17(21)13-8-11(2)18-19(13)10-14(20)12-6-7-15(22-3)16(9-12)23-4/h6-9H,5,10H2,1-4H3. The van der Waals surface area contributed by atoms with Gasteiger partial charge in [-0.2, -0.15) is 5.10 Å². The lowest BCUT2D eigenvalue weighted by atomic mass is 10.1. The van der Waals surface area contributed by atoms with Crippen LogP contribution >= 0.6 is 0 Å². The number of ether oxygens (including phenoxy) is 3. The van der Waals surface area contributed by atoms with Gasteiger partial charge in [0, 0.05) is 5.56 Å². The molecule has 0 atom stereocenters. The largest absolute Gasteiger partial charge is 0.493 e. The molecule has 0 aliphatic carbocycles. The molecule has 0 N–H and O–H groups in total. The number of benzene rings is 1. The number of carbonyl (C=O) groups excluding carboxylic acids is 2. The van der Waals surface area contributed by atoms with E-state index in [4.69, 9.17) is 14.2 Å². The second kappa shape index (κ2) is 7.63. The highest BCUT2D eigenvalue weighted by molar-refractivity contribution is 5.97. The quantitative estimate of drug-likeness (QED) is 0.571. The Morgan fingerprint density at radius 2 is 1.83 bits per heavy atom. The Labute approximate surface area is 140 Å². The fourth-order valence-electron chi connectivity index (χ4n) is 2.27. The van der Waals surface area contributed by atoms with E-state index in [1.165, 1.54) is 18.9 Å². The lowest BCUT2D eigenvalue weighted by Crippen LogP contribution is -2.18. The molecule has 2 rings (SSSR count). The Bertz CT molecular complexity index is 751. The SMILES string of the molecule is CCOC(=O)c1cc(C)nn1CC(=O)c1ccc(OC)c(OC)c1. The fourth-order valence-corrected chi connectivity index (χ4v) is 2.27. The van der Waals surface area contributed by atoms with Crippen LogP contribution in [0.2, 0.25) is 0 Å². The van der Waals surface area contributed by atoms with Gasteiger partial charge in [-0.05, 0) is 38.1 Å². The Hall–Kier alpha value is -2.83. The van der Waals surface area contributed by atoms with Crippen molar-refractivity contribution >= 4 is 11.8 Å². The summed E-state index contributed by atoms with van der Waals surface area (Å²) in [5, 5.41) is 4.19. The zero-order valence-corrected chi connectivity index (χ0v) is 14.2. The van der Waals surface area contributed by atoms with E-state index in [0.717, 1.165) is 0 Å². The average molecular weight is 332 g/mol. The molecule has 0 saturated carbocycles. The molecule has 24 heavy (non-hydrogen) atoms. The van der Waals surface area contributed by atoms with Gasteiger partial charge in [0.25, 0.3) is 0 Å². The second-order valence-corrected chi connectivity index (χ2v) is 5.04. The van der Waals surface area contributed by atoms with Gasteiger partial charge in [0.1, 0.15) is 12.2 Å². The molecule has 0 spiro atoms. The Balaban J connectivity index is 2.25. The maximum Gasteiger partial charge on any atom is 0.356 e. The molecular formula is C17H20N2O5. The van der Waals surface area contributed by atoms with Crippen molar-refractivity contribution in [3.05, 3.63) is 41.2 Å². The average Bonchev–Trinajstić information content (AvgIpc) is 2.94. The predicted molar refractivity (Wildman–Crippen MR) is 86.8 cm³/mol. The highest BCUT2D eigenvalue weighted by Gasteiger charge is 2.18. The Kier molecular flexibility index (Phi) is 5.57. The number of carbonyl (C=O) groups is 2. The van der Waals surface area contributed by atoms with Gasteiger partial charge in [-0.1, -0.05) is 0 Å². The van der Waals surface area contributed by atoms with Crippen molar-refractivity contribution in [2.75, 3.05) is 20.8 Å². The number of ketones is 1. The minimum atomic E-state index is -0.502. The van der Waals surface area contributed by atoms with E-state index in [1.807, 2.05) is 0 Å². The number of hydrogen-bond donors (Lipinski definition) is 0. The number of esters is 1. The van der Waals surface area contributed by atoms with Crippen molar-refractivity contribution < 1.29 is 23.8 Å². The highest BCUT2D eigenvalue weighted by atomic mass is 16.5. The molecule has 1 heterocycles. The van der Waals surface area contributed by atoms with Crippen LogP contribution in [-0.4, -0.2) is 42.4 Å². The maximum absolute atomic E-state index is 12.5. The third-order valence-corrected chi connectivity index (χ3v) is 3.39. The van der Waals surface area contributed by atoms with Crippen LogP contribution in [0, 0.1) is 6.92 Å². The molecule has 7 nitrogen and oxygen atoms in total. The summed E-state index contributed by atoms with van der Waals surface area (Å²) in [7, 11) is 3.03. The number of methoxy groups -OCH3 is 2. The van der Waals surface area contributed by atoms with Crippen LogP contribution in [0.3, 0.4) is 0 Å². The normalized spacial score (nSPS) is 10.3. The first-order valence-electron chi connectivity index (χ1n) is 7.47. The minimum absolute atomic E-state index is 0.0720. The molecule has 0 radical (unpaired) electrons. The number of rotatable bonds is 7. The number of hydrogen-bond acceptors (Lipinski definition) is 6. The highest BCUT2D eigenvalue weighted by Crippen LogP contribution is 2.27. The van der Waals surface area contributed by atoms with E-state index in [1.54, 1.807) is 38.1 Å². The van der Waals surface area contributed by atoms with Gasteiger partial charge in [0.15, 0.2) is 17.3 Å². The van der Waals surface area contributed by atoms with Gasteiger partial charge in [-0.3, -0.25) is 9.48 Å². The van der Waals surface area contributed by atoms with E-state index in [-0.39, 0.29) is 24.6 Å². The summed E-state index contributed by atoms with van der Waals surface area (Å²) >= 11 is 0. The number of nitrogens with zero attached hydrogens (tertiary/aromatic N) is 2. The molecule has 0 bridgehead atoms. The molecule has 0 amide bonds. The molecule has 0 unspecified atom stereocenters. The molecule has 0 aliphatic heterocycles. The van der Waals surface area contributed by atoms with Gasteiger partial charge < -0.3 is 14.2 Å². The molecule has 0 aliphatic rings. The van der Waals surface area contributed by atoms with Crippen LogP contribution in [0.25, 0.3) is 0 Å². The molecular weight excluding hydrogens is 312 g/mol. The summed E-state index contributed by atoms with van der Waals surface area (Å²) in [5.74, 6) is 0.296. The maximum atomic E-state index is 12.5. The third kappa shape index (κ3) is 3.73. The van der Waals surface area contributed by atoms with Gasteiger partial charge in [-0.15, -0.1) is 0 Å².